The van der Waals surface area contributed by atoms with Crippen molar-refractivity contribution >= 4 is 5.78 Å². The van der Waals surface area contributed by atoms with Gasteiger partial charge in [-0.3, -0.25) is 0 Å². The zero-order chi connectivity index (χ0) is 8.15. The molecule has 0 aromatic heterocycles. The Morgan fingerprint density at radius 3 is 2.00 bits per heavy atom. The number of carbonyl (C=O) groups excluding carboxylic acids is 1. The second kappa shape index (κ2) is 4.48. The molecule has 0 N–H and O–H groups in total. The molecule has 0 aliphatic rings. The monoisotopic (exact) mass is 142 g/mol. The normalized spacial score (nSPS) is 13.7. The summed E-state index contributed by atoms with van der Waals surface area (Å²) in [6, 6.07) is 0. The second-order valence-corrected chi connectivity index (χ2v) is 3.32. The molecule has 0 aromatic rings. The van der Waals surface area contributed by atoms with E-state index in [0.29, 0.717) is 17.6 Å². The zero-order valence-corrected chi connectivity index (χ0v) is 7.48. The molecule has 0 bridgehead atoms. The first-order valence-corrected chi connectivity index (χ1v) is 4.07. The van der Waals surface area contributed by atoms with Crippen LogP contribution in [0.5, 0.6) is 0 Å². The Kier molecular flexibility index (Phi) is 4.33. The number of Topliss-reactive ketones (excluding diaryl/α,β-unsaturated/α-hetero) is 1. The molecule has 0 fully saturated rings. The van der Waals surface area contributed by atoms with Gasteiger partial charge < -0.3 is 4.79 Å². The fourth-order valence-electron chi connectivity index (χ4n) is 1.22. The van der Waals surface area contributed by atoms with Crippen molar-refractivity contribution in [3.63, 3.8) is 0 Å². The molecule has 1 atom stereocenters. The molecule has 0 heterocycles. The lowest BCUT2D eigenvalue weighted by molar-refractivity contribution is -0.118. The van der Waals surface area contributed by atoms with Gasteiger partial charge in [-0.05, 0) is 18.8 Å². The van der Waals surface area contributed by atoms with E-state index in [0.717, 1.165) is 12.8 Å². The first-order valence-electron chi connectivity index (χ1n) is 4.07. The van der Waals surface area contributed by atoms with Crippen molar-refractivity contribution in [3.8, 4) is 0 Å². The number of hydrogen-bond acceptors (Lipinski definition) is 1. The van der Waals surface area contributed by atoms with Crippen molar-refractivity contribution in [2.45, 2.75) is 40.5 Å². The van der Waals surface area contributed by atoms with Crippen LogP contribution in [0.1, 0.15) is 40.5 Å². The molecule has 1 nitrogen and oxygen atoms in total. The van der Waals surface area contributed by atoms with Gasteiger partial charge in [-0.2, -0.15) is 0 Å². The average Bonchev–Trinajstić information content (AvgIpc) is 1.81. The van der Waals surface area contributed by atoms with Crippen LogP contribution in [-0.2, 0) is 4.79 Å². The Balaban J connectivity index is 3.71. The van der Waals surface area contributed by atoms with Crippen LogP contribution in [-0.4, -0.2) is 5.78 Å². The Morgan fingerprint density at radius 2 is 1.90 bits per heavy atom. The summed E-state index contributed by atoms with van der Waals surface area (Å²) >= 11 is 0. The summed E-state index contributed by atoms with van der Waals surface area (Å²) in [6.45, 7) is 8.17. The van der Waals surface area contributed by atoms with Crippen LogP contribution >= 0.6 is 0 Å². The maximum atomic E-state index is 10.7. The molecule has 60 valence electrons. The SMILES string of the molecule is CC[C@H](CC(C)=O)C(C)C. The number of rotatable bonds is 4. The van der Waals surface area contributed by atoms with Gasteiger partial charge in [0.05, 0.1) is 0 Å². The Hall–Kier alpha value is -0.330. The minimum atomic E-state index is 0.320. The van der Waals surface area contributed by atoms with E-state index >= 15 is 0 Å². The van der Waals surface area contributed by atoms with E-state index in [1.165, 1.54) is 0 Å². The third-order valence-corrected chi connectivity index (χ3v) is 2.02. The van der Waals surface area contributed by atoms with Crippen LogP contribution in [0.2, 0.25) is 0 Å². The van der Waals surface area contributed by atoms with Gasteiger partial charge >= 0.3 is 0 Å². The number of hydrogen-bond donors (Lipinski definition) is 0. The van der Waals surface area contributed by atoms with Gasteiger partial charge in [0.2, 0.25) is 0 Å². The molecule has 10 heavy (non-hydrogen) atoms. The summed E-state index contributed by atoms with van der Waals surface area (Å²) < 4.78 is 0. The highest BCUT2D eigenvalue weighted by atomic mass is 16.1. The third kappa shape index (κ3) is 3.65. The van der Waals surface area contributed by atoms with Crippen LogP contribution in [0.3, 0.4) is 0 Å². The molecule has 0 aliphatic carbocycles. The smallest absolute Gasteiger partial charge is 0.130 e. The molecule has 0 amide bonds. The van der Waals surface area contributed by atoms with Crippen molar-refractivity contribution < 1.29 is 4.79 Å². The van der Waals surface area contributed by atoms with Crippen molar-refractivity contribution in [2.24, 2.45) is 11.8 Å². The molecular formula is C9H18O. The van der Waals surface area contributed by atoms with Crippen molar-refractivity contribution in [1.29, 1.82) is 0 Å². The molecule has 0 saturated heterocycles. The summed E-state index contributed by atoms with van der Waals surface area (Å²) in [4.78, 5) is 10.7. The lowest BCUT2D eigenvalue weighted by atomic mass is 9.89. The van der Waals surface area contributed by atoms with Crippen LogP contribution in [0.25, 0.3) is 0 Å². The molecule has 0 aliphatic heterocycles. The van der Waals surface area contributed by atoms with Gasteiger partial charge in [-0.25, -0.2) is 0 Å². The Labute approximate surface area is 63.8 Å². The fourth-order valence-corrected chi connectivity index (χ4v) is 1.22. The molecule has 0 radical (unpaired) electrons. The third-order valence-electron chi connectivity index (χ3n) is 2.02. The minimum absolute atomic E-state index is 0.320. The highest BCUT2D eigenvalue weighted by molar-refractivity contribution is 5.75. The highest BCUT2D eigenvalue weighted by Crippen LogP contribution is 2.18. The van der Waals surface area contributed by atoms with Gasteiger partial charge in [-0.1, -0.05) is 27.2 Å². The van der Waals surface area contributed by atoms with E-state index in [1.54, 1.807) is 6.92 Å². The molecule has 0 saturated carbocycles. The van der Waals surface area contributed by atoms with Gasteiger partial charge in [0, 0.05) is 6.42 Å². The molecule has 0 unspecified atom stereocenters. The molecule has 0 rings (SSSR count). The molecular weight excluding hydrogens is 124 g/mol. The molecule has 0 spiro atoms. The summed E-state index contributed by atoms with van der Waals surface area (Å²) in [5.41, 5.74) is 0. The summed E-state index contributed by atoms with van der Waals surface area (Å²) in [5.74, 6) is 1.56. The molecule has 0 aromatic carbocycles. The van der Waals surface area contributed by atoms with E-state index in [1.807, 2.05) is 0 Å². The maximum absolute atomic E-state index is 10.7. The fraction of sp³-hybridized carbons (Fsp3) is 0.889. The lowest BCUT2D eigenvalue weighted by Gasteiger charge is -2.16. The van der Waals surface area contributed by atoms with Gasteiger partial charge in [0.15, 0.2) is 0 Å². The van der Waals surface area contributed by atoms with Crippen LogP contribution in [0, 0.1) is 11.8 Å². The maximum Gasteiger partial charge on any atom is 0.130 e. The minimum Gasteiger partial charge on any atom is -0.300 e. The predicted molar refractivity (Wildman–Crippen MR) is 43.9 cm³/mol. The van der Waals surface area contributed by atoms with Crippen molar-refractivity contribution in [1.82, 2.24) is 0 Å². The summed E-state index contributed by atoms with van der Waals surface area (Å²) in [7, 11) is 0. The first kappa shape index (κ1) is 9.67. The van der Waals surface area contributed by atoms with Crippen molar-refractivity contribution in [2.75, 3.05) is 0 Å². The largest absolute Gasteiger partial charge is 0.300 e. The number of carbonyl (C=O) groups is 1. The topological polar surface area (TPSA) is 17.1 Å². The van der Waals surface area contributed by atoms with Crippen LogP contribution < -0.4 is 0 Å². The second-order valence-electron chi connectivity index (χ2n) is 3.32. The highest BCUT2D eigenvalue weighted by Gasteiger charge is 2.12. The van der Waals surface area contributed by atoms with Crippen molar-refractivity contribution in [3.05, 3.63) is 0 Å². The van der Waals surface area contributed by atoms with Crippen LogP contribution in [0.4, 0.5) is 0 Å². The van der Waals surface area contributed by atoms with E-state index in [-0.39, 0.29) is 0 Å². The Morgan fingerprint density at radius 1 is 1.40 bits per heavy atom. The van der Waals surface area contributed by atoms with Gasteiger partial charge in [0.1, 0.15) is 5.78 Å². The van der Waals surface area contributed by atoms with E-state index in [4.69, 9.17) is 0 Å². The first-order chi connectivity index (χ1) is 4.57. The average molecular weight is 142 g/mol. The standard InChI is InChI=1S/C9H18O/c1-5-9(7(2)3)6-8(4)10/h7,9H,5-6H2,1-4H3/t9-/m1/s1. The van der Waals surface area contributed by atoms with Crippen LogP contribution in [0.15, 0.2) is 0 Å². The van der Waals surface area contributed by atoms with E-state index in [2.05, 4.69) is 20.8 Å². The van der Waals surface area contributed by atoms with Gasteiger partial charge in [-0.15, -0.1) is 0 Å². The van der Waals surface area contributed by atoms with E-state index < -0.39 is 0 Å². The lowest BCUT2D eigenvalue weighted by Crippen LogP contribution is -2.11. The summed E-state index contributed by atoms with van der Waals surface area (Å²) in [5, 5.41) is 0. The Bertz CT molecular complexity index is 105. The zero-order valence-electron chi connectivity index (χ0n) is 7.48. The number of ketones is 1. The molecule has 1 heteroatoms. The summed E-state index contributed by atoms with van der Waals surface area (Å²) in [6.07, 6.45) is 1.88. The quantitative estimate of drug-likeness (QED) is 0.589. The van der Waals surface area contributed by atoms with Gasteiger partial charge in [0.25, 0.3) is 0 Å². The van der Waals surface area contributed by atoms with E-state index in [9.17, 15) is 4.79 Å². The predicted octanol–water partition coefficient (Wildman–Crippen LogP) is 2.65.